The molecule has 0 radical (unpaired) electrons. The van der Waals surface area contributed by atoms with Crippen LogP contribution < -0.4 is 15.2 Å². The summed E-state index contributed by atoms with van der Waals surface area (Å²) in [5.74, 6) is 2.34. The second kappa shape index (κ2) is 5.47. The van der Waals surface area contributed by atoms with Crippen molar-refractivity contribution in [3.63, 3.8) is 0 Å². The minimum atomic E-state index is 0.120. The minimum absolute atomic E-state index is 0.120. The highest BCUT2D eigenvalue weighted by Crippen LogP contribution is 2.50. The Hall–Kier alpha value is -1.75. The van der Waals surface area contributed by atoms with Crippen LogP contribution in [0.3, 0.4) is 0 Å². The molecule has 118 valence electrons. The molecule has 5 nitrogen and oxygen atoms in total. The molecule has 3 unspecified atom stereocenters. The third-order valence-electron chi connectivity index (χ3n) is 5.03. The molecule has 2 N–H and O–H groups in total. The number of hydrogen-bond donors (Lipinski definition) is 1. The molecule has 0 aromatic heterocycles. The van der Waals surface area contributed by atoms with Gasteiger partial charge in [0.1, 0.15) is 13.2 Å². The maximum atomic E-state index is 12.7. The topological polar surface area (TPSA) is 64.8 Å². The first kappa shape index (κ1) is 13.9. The SMILES string of the molecule is NCC1CCCN1C(=O)C1CC1c1ccc2c(c1)OCCO2. The first-order valence-corrected chi connectivity index (χ1v) is 8.18. The van der Waals surface area contributed by atoms with Crippen molar-refractivity contribution in [2.45, 2.75) is 31.2 Å². The zero-order valence-corrected chi connectivity index (χ0v) is 12.7. The fraction of sp³-hybridized carbons (Fsp3) is 0.588. The number of carbonyl (C=O) groups is 1. The Balaban J connectivity index is 1.46. The highest BCUT2D eigenvalue weighted by molar-refractivity contribution is 5.83. The van der Waals surface area contributed by atoms with Crippen LogP contribution in [0.5, 0.6) is 11.5 Å². The fourth-order valence-corrected chi connectivity index (χ4v) is 3.71. The number of likely N-dealkylation sites (tertiary alicyclic amines) is 1. The van der Waals surface area contributed by atoms with E-state index in [0.717, 1.165) is 37.3 Å². The van der Waals surface area contributed by atoms with Gasteiger partial charge in [0.15, 0.2) is 11.5 Å². The average Bonchev–Trinajstić information content (AvgIpc) is 3.22. The Morgan fingerprint density at radius 3 is 2.91 bits per heavy atom. The Labute approximate surface area is 130 Å². The molecule has 1 aliphatic carbocycles. The molecule has 1 saturated carbocycles. The summed E-state index contributed by atoms with van der Waals surface area (Å²) in [6, 6.07) is 6.31. The van der Waals surface area contributed by atoms with Crippen molar-refractivity contribution in [1.82, 2.24) is 4.90 Å². The molecule has 1 amide bonds. The Morgan fingerprint density at radius 1 is 1.27 bits per heavy atom. The molecule has 2 fully saturated rings. The molecule has 3 atom stereocenters. The van der Waals surface area contributed by atoms with Gasteiger partial charge in [-0.1, -0.05) is 6.07 Å². The monoisotopic (exact) mass is 302 g/mol. The normalized spacial score (nSPS) is 29.5. The number of benzene rings is 1. The van der Waals surface area contributed by atoms with Gasteiger partial charge in [0.2, 0.25) is 5.91 Å². The van der Waals surface area contributed by atoms with Gasteiger partial charge in [-0.05, 0) is 42.9 Å². The summed E-state index contributed by atoms with van der Waals surface area (Å²) in [7, 11) is 0. The van der Waals surface area contributed by atoms with E-state index >= 15 is 0 Å². The lowest BCUT2D eigenvalue weighted by atomic mass is 10.1. The number of ether oxygens (including phenoxy) is 2. The summed E-state index contributed by atoms with van der Waals surface area (Å²) >= 11 is 0. The molecule has 22 heavy (non-hydrogen) atoms. The summed E-state index contributed by atoms with van der Waals surface area (Å²) < 4.78 is 11.2. The second-order valence-electron chi connectivity index (χ2n) is 6.42. The summed E-state index contributed by atoms with van der Waals surface area (Å²) in [5, 5.41) is 0. The second-order valence-corrected chi connectivity index (χ2v) is 6.42. The lowest BCUT2D eigenvalue weighted by molar-refractivity contribution is -0.133. The van der Waals surface area contributed by atoms with Gasteiger partial charge in [0.25, 0.3) is 0 Å². The highest BCUT2D eigenvalue weighted by atomic mass is 16.6. The van der Waals surface area contributed by atoms with Crippen molar-refractivity contribution < 1.29 is 14.3 Å². The summed E-state index contributed by atoms with van der Waals surface area (Å²) in [4.78, 5) is 14.7. The lowest BCUT2D eigenvalue weighted by Gasteiger charge is -2.23. The van der Waals surface area contributed by atoms with Gasteiger partial charge in [0, 0.05) is 25.0 Å². The number of amides is 1. The highest BCUT2D eigenvalue weighted by Gasteiger charge is 2.47. The molecule has 0 spiro atoms. The molecular formula is C17H22N2O3. The van der Waals surface area contributed by atoms with Crippen LogP contribution in [0.15, 0.2) is 18.2 Å². The smallest absolute Gasteiger partial charge is 0.226 e. The van der Waals surface area contributed by atoms with E-state index in [0.29, 0.717) is 25.7 Å². The van der Waals surface area contributed by atoms with Crippen molar-refractivity contribution in [1.29, 1.82) is 0 Å². The van der Waals surface area contributed by atoms with E-state index in [1.807, 2.05) is 17.0 Å². The molecule has 3 aliphatic rings. The molecule has 1 aromatic rings. The van der Waals surface area contributed by atoms with E-state index < -0.39 is 0 Å². The number of nitrogens with zero attached hydrogens (tertiary/aromatic N) is 1. The van der Waals surface area contributed by atoms with E-state index in [1.165, 1.54) is 5.56 Å². The Bertz CT molecular complexity index is 589. The molecule has 2 aliphatic heterocycles. The van der Waals surface area contributed by atoms with E-state index in [9.17, 15) is 4.79 Å². The van der Waals surface area contributed by atoms with Gasteiger partial charge in [-0.3, -0.25) is 4.79 Å². The van der Waals surface area contributed by atoms with Gasteiger partial charge in [0.05, 0.1) is 0 Å². The third kappa shape index (κ3) is 2.33. The number of fused-ring (bicyclic) bond motifs is 1. The first-order valence-electron chi connectivity index (χ1n) is 8.18. The van der Waals surface area contributed by atoms with Crippen LogP contribution in [-0.4, -0.2) is 43.2 Å². The molecule has 0 bridgehead atoms. The van der Waals surface area contributed by atoms with Crippen LogP contribution in [0.25, 0.3) is 0 Å². The Kier molecular flexibility index (Phi) is 3.45. The van der Waals surface area contributed by atoms with Gasteiger partial charge in [-0.25, -0.2) is 0 Å². The van der Waals surface area contributed by atoms with Crippen LogP contribution in [0.2, 0.25) is 0 Å². The van der Waals surface area contributed by atoms with Crippen molar-refractivity contribution in [2.24, 2.45) is 11.7 Å². The molecule has 1 saturated heterocycles. The first-order chi connectivity index (χ1) is 10.8. The molecule has 2 heterocycles. The van der Waals surface area contributed by atoms with Crippen LogP contribution in [0.1, 0.15) is 30.7 Å². The third-order valence-corrected chi connectivity index (χ3v) is 5.03. The van der Waals surface area contributed by atoms with Crippen molar-refractivity contribution >= 4 is 5.91 Å². The lowest BCUT2D eigenvalue weighted by Crippen LogP contribution is -2.40. The van der Waals surface area contributed by atoms with Gasteiger partial charge in [-0.15, -0.1) is 0 Å². The standard InChI is InChI=1S/C17H22N2O3/c18-10-12-2-1-5-19(12)17(20)14-9-13(14)11-3-4-15-16(8-11)22-7-6-21-15/h3-4,8,12-14H,1-2,5-7,9-10,18H2. The number of hydrogen-bond acceptors (Lipinski definition) is 4. The van der Waals surface area contributed by atoms with E-state index in [1.54, 1.807) is 0 Å². The van der Waals surface area contributed by atoms with Crippen molar-refractivity contribution in [3.05, 3.63) is 23.8 Å². The molecule has 5 heteroatoms. The average molecular weight is 302 g/mol. The van der Waals surface area contributed by atoms with Crippen LogP contribution in [-0.2, 0) is 4.79 Å². The maximum Gasteiger partial charge on any atom is 0.226 e. The van der Waals surface area contributed by atoms with Crippen LogP contribution >= 0.6 is 0 Å². The largest absolute Gasteiger partial charge is 0.486 e. The summed E-state index contributed by atoms with van der Waals surface area (Å²) in [5.41, 5.74) is 6.97. The molecular weight excluding hydrogens is 280 g/mol. The van der Waals surface area contributed by atoms with Gasteiger partial charge >= 0.3 is 0 Å². The fourth-order valence-electron chi connectivity index (χ4n) is 3.71. The van der Waals surface area contributed by atoms with Crippen LogP contribution in [0, 0.1) is 5.92 Å². The molecule has 1 aromatic carbocycles. The predicted octanol–water partition coefficient (Wildman–Crippen LogP) is 1.51. The van der Waals surface area contributed by atoms with Crippen molar-refractivity contribution in [3.8, 4) is 11.5 Å². The van der Waals surface area contributed by atoms with E-state index in [-0.39, 0.29) is 17.9 Å². The zero-order chi connectivity index (χ0) is 15.1. The maximum absolute atomic E-state index is 12.7. The van der Waals surface area contributed by atoms with Gasteiger partial charge in [-0.2, -0.15) is 0 Å². The number of carbonyl (C=O) groups excluding carboxylic acids is 1. The summed E-state index contributed by atoms with van der Waals surface area (Å²) in [6.07, 6.45) is 3.06. The minimum Gasteiger partial charge on any atom is -0.486 e. The van der Waals surface area contributed by atoms with Crippen LogP contribution in [0.4, 0.5) is 0 Å². The van der Waals surface area contributed by atoms with Gasteiger partial charge < -0.3 is 20.1 Å². The number of rotatable bonds is 3. The Morgan fingerprint density at radius 2 is 2.09 bits per heavy atom. The van der Waals surface area contributed by atoms with E-state index in [2.05, 4.69) is 6.07 Å². The van der Waals surface area contributed by atoms with E-state index in [4.69, 9.17) is 15.2 Å². The number of nitrogens with two attached hydrogens (primary N) is 1. The molecule has 4 rings (SSSR count). The summed E-state index contributed by atoms with van der Waals surface area (Å²) in [6.45, 7) is 2.64. The predicted molar refractivity (Wildman–Crippen MR) is 82.1 cm³/mol. The zero-order valence-electron chi connectivity index (χ0n) is 12.7. The van der Waals surface area contributed by atoms with Crippen molar-refractivity contribution in [2.75, 3.05) is 26.3 Å². The quantitative estimate of drug-likeness (QED) is 0.919.